The standard InChI is InChI=1S/C11H14N2O4/c1-7-6-8(2-4-12-7)10(15)13-9(3-5-14)11(16)17/h2,4,6,9,14H,3,5H2,1H3,(H,13,15)(H,16,17). The van der Waals surface area contributed by atoms with Gasteiger partial charge in [0.15, 0.2) is 0 Å². The van der Waals surface area contributed by atoms with Crippen molar-refractivity contribution in [1.29, 1.82) is 0 Å². The van der Waals surface area contributed by atoms with Crippen molar-refractivity contribution in [2.75, 3.05) is 6.61 Å². The molecule has 0 aromatic carbocycles. The summed E-state index contributed by atoms with van der Waals surface area (Å²) in [5.41, 5.74) is 1.02. The zero-order valence-corrected chi connectivity index (χ0v) is 9.38. The van der Waals surface area contributed by atoms with Gasteiger partial charge in [-0.25, -0.2) is 4.79 Å². The summed E-state index contributed by atoms with van der Waals surface area (Å²) in [7, 11) is 0. The second-order valence-corrected chi connectivity index (χ2v) is 3.56. The number of nitrogens with one attached hydrogen (secondary N) is 1. The minimum Gasteiger partial charge on any atom is -0.480 e. The molecule has 6 heteroatoms. The molecule has 0 saturated carbocycles. The molecular weight excluding hydrogens is 224 g/mol. The quantitative estimate of drug-likeness (QED) is 0.668. The van der Waals surface area contributed by atoms with Gasteiger partial charge in [-0.05, 0) is 19.1 Å². The summed E-state index contributed by atoms with van der Waals surface area (Å²) in [5, 5.41) is 19.8. The van der Waals surface area contributed by atoms with E-state index >= 15 is 0 Å². The summed E-state index contributed by atoms with van der Waals surface area (Å²) in [6.45, 7) is 1.44. The number of aliphatic hydroxyl groups excluding tert-OH is 1. The molecule has 0 spiro atoms. The van der Waals surface area contributed by atoms with Crippen LogP contribution in [0.15, 0.2) is 18.3 Å². The number of amides is 1. The summed E-state index contributed by atoms with van der Waals surface area (Å²) in [6.07, 6.45) is 1.46. The number of carboxylic acids is 1. The number of rotatable bonds is 5. The van der Waals surface area contributed by atoms with Crippen molar-refractivity contribution < 1.29 is 19.8 Å². The number of pyridine rings is 1. The van der Waals surface area contributed by atoms with Crippen LogP contribution in [0.4, 0.5) is 0 Å². The molecule has 1 amide bonds. The van der Waals surface area contributed by atoms with Crippen molar-refractivity contribution in [2.45, 2.75) is 19.4 Å². The molecule has 1 atom stereocenters. The van der Waals surface area contributed by atoms with Gasteiger partial charge in [0.05, 0.1) is 0 Å². The molecule has 0 aliphatic heterocycles. The smallest absolute Gasteiger partial charge is 0.326 e. The highest BCUT2D eigenvalue weighted by molar-refractivity contribution is 5.96. The Morgan fingerprint density at radius 2 is 2.24 bits per heavy atom. The van der Waals surface area contributed by atoms with Crippen LogP contribution in [-0.4, -0.2) is 39.7 Å². The van der Waals surface area contributed by atoms with Crippen LogP contribution < -0.4 is 5.32 Å². The number of aromatic nitrogens is 1. The lowest BCUT2D eigenvalue weighted by Gasteiger charge is -2.13. The SMILES string of the molecule is Cc1cc(C(=O)NC(CCO)C(=O)O)ccn1. The fourth-order valence-corrected chi connectivity index (χ4v) is 1.31. The maximum Gasteiger partial charge on any atom is 0.326 e. The number of aliphatic carboxylic acids is 1. The minimum absolute atomic E-state index is 0.0227. The fraction of sp³-hybridized carbons (Fsp3) is 0.364. The number of hydrogen-bond acceptors (Lipinski definition) is 4. The van der Waals surface area contributed by atoms with Gasteiger partial charge >= 0.3 is 5.97 Å². The molecule has 1 rings (SSSR count). The average Bonchev–Trinajstić information content (AvgIpc) is 2.28. The largest absolute Gasteiger partial charge is 0.480 e. The Hall–Kier alpha value is -1.95. The number of carboxylic acid groups (broad SMARTS) is 1. The molecule has 0 fully saturated rings. The maximum atomic E-state index is 11.7. The minimum atomic E-state index is -1.17. The Morgan fingerprint density at radius 1 is 1.53 bits per heavy atom. The second kappa shape index (κ2) is 5.95. The van der Waals surface area contributed by atoms with Gasteiger partial charge in [0, 0.05) is 30.5 Å². The second-order valence-electron chi connectivity index (χ2n) is 3.56. The lowest BCUT2D eigenvalue weighted by atomic mass is 10.1. The van der Waals surface area contributed by atoms with Crippen LogP contribution in [0.1, 0.15) is 22.5 Å². The molecule has 0 saturated heterocycles. The van der Waals surface area contributed by atoms with E-state index in [-0.39, 0.29) is 13.0 Å². The Kier molecular flexibility index (Phi) is 4.59. The van der Waals surface area contributed by atoms with E-state index in [1.165, 1.54) is 12.3 Å². The van der Waals surface area contributed by atoms with Crippen LogP contribution in [0.3, 0.4) is 0 Å². The van der Waals surface area contributed by atoms with Crippen molar-refractivity contribution in [2.24, 2.45) is 0 Å². The number of aliphatic hydroxyl groups is 1. The molecule has 3 N–H and O–H groups in total. The van der Waals surface area contributed by atoms with E-state index in [1.807, 2.05) is 0 Å². The average molecular weight is 238 g/mol. The first-order valence-electron chi connectivity index (χ1n) is 5.11. The van der Waals surface area contributed by atoms with Gasteiger partial charge in [0.2, 0.25) is 0 Å². The first-order valence-corrected chi connectivity index (χ1v) is 5.11. The predicted octanol–water partition coefficient (Wildman–Crippen LogP) is -0.0446. The van der Waals surface area contributed by atoms with Gasteiger partial charge in [-0.2, -0.15) is 0 Å². The molecule has 6 nitrogen and oxygen atoms in total. The first kappa shape index (κ1) is 13.1. The summed E-state index contributed by atoms with van der Waals surface area (Å²) >= 11 is 0. The Bertz CT molecular complexity index is 420. The highest BCUT2D eigenvalue weighted by Crippen LogP contribution is 2.02. The molecule has 1 aromatic rings. The number of carbonyl (C=O) groups is 2. The third-order valence-corrected chi connectivity index (χ3v) is 2.18. The van der Waals surface area contributed by atoms with Gasteiger partial charge in [0.1, 0.15) is 6.04 Å². The molecule has 0 radical (unpaired) electrons. The van der Waals surface area contributed by atoms with E-state index in [1.54, 1.807) is 13.0 Å². The van der Waals surface area contributed by atoms with E-state index in [4.69, 9.17) is 10.2 Å². The van der Waals surface area contributed by atoms with Gasteiger partial charge < -0.3 is 15.5 Å². The zero-order valence-electron chi connectivity index (χ0n) is 9.38. The van der Waals surface area contributed by atoms with Crippen molar-refractivity contribution in [3.63, 3.8) is 0 Å². The maximum absolute atomic E-state index is 11.7. The van der Waals surface area contributed by atoms with Crippen LogP contribution >= 0.6 is 0 Å². The lowest BCUT2D eigenvalue weighted by Crippen LogP contribution is -2.41. The molecule has 1 unspecified atom stereocenters. The Balaban J connectivity index is 2.73. The number of nitrogens with zero attached hydrogens (tertiary/aromatic N) is 1. The lowest BCUT2D eigenvalue weighted by molar-refractivity contribution is -0.139. The fourth-order valence-electron chi connectivity index (χ4n) is 1.31. The van der Waals surface area contributed by atoms with Crippen molar-refractivity contribution in [3.05, 3.63) is 29.6 Å². The molecule has 0 aliphatic carbocycles. The van der Waals surface area contributed by atoms with Crippen LogP contribution in [0, 0.1) is 6.92 Å². The zero-order chi connectivity index (χ0) is 12.8. The van der Waals surface area contributed by atoms with E-state index in [0.717, 1.165) is 0 Å². The monoisotopic (exact) mass is 238 g/mol. The highest BCUT2D eigenvalue weighted by Gasteiger charge is 2.19. The molecule has 0 bridgehead atoms. The summed E-state index contributed by atoms with van der Waals surface area (Å²) in [5.74, 6) is -1.66. The topological polar surface area (TPSA) is 99.5 Å². The van der Waals surface area contributed by atoms with Gasteiger partial charge in [0.25, 0.3) is 5.91 Å². The van der Waals surface area contributed by atoms with Crippen molar-refractivity contribution in [1.82, 2.24) is 10.3 Å². The van der Waals surface area contributed by atoms with Crippen molar-refractivity contribution >= 4 is 11.9 Å². The highest BCUT2D eigenvalue weighted by atomic mass is 16.4. The molecule has 1 heterocycles. The van der Waals surface area contributed by atoms with E-state index in [9.17, 15) is 9.59 Å². The molecular formula is C11H14N2O4. The summed E-state index contributed by atoms with van der Waals surface area (Å²) < 4.78 is 0. The normalized spacial score (nSPS) is 11.9. The predicted molar refractivity (Wildman–Crippen MR) is 59.6 cm³/mol. The first-order chi connectivity index (χ1) is 8.04. The van der Waals surface area contributed by atoms with Crippen LogP contribution in [-0.2, 0) is 4.79 Å². The van der Waals surface area contributed by atoms with Crippen LogP contribution in [0.25, 0.3) is 0 Å². The molecule has 17 heavy (non-hydrogen) atoms. The third-order valence-electron chi connectivity index (χ3n) is 2.18. The van der Waals surface area contributed by atoms with E-state index in [2.05, 4.69) is 10.3 Å². The third kappa shape index (κ3) is 3.84. The van der Waals surface area contributed by atoms with Gasteiger partial charge in [-0.15, -0.1) is 0 Å². The van der Waals surface area contributed by atoms with Gasteiger partial charge in [-0.3, -0.25) is 9.78 Å². The Morgan fingerprint density at radius 3 is 2.76 bits per heavy atom. The van der Waals surface area contributed by atoms with E-state index in [0.29, 0.717) is 11.3 Å². The summed E-state index contributed by atoms with van der Waals surface area (Å²) in [4.78, 5) is 26.4. The number of aryl methyl sites for hydroxylation is 1. The Labute approximate surface area is 98.3 Å². The molecule has 92 valence electrons. The molecule has 0 aliphatic rings. The van der Waals surface area contributed by atoms with Crippen LogP contribution in [0.2, 0.25) is 0 Å². The summed E-state index contributed by atoms with van der Waals surface area (Å²) in [6, 6.07) is 1.98. The molecule has 1 aromatic heterocycles. The van der Waals surface area contributed by atoms with Gasteiger partial charge in [-0.1, -0.05) is 0 Å². The van der Waals surface area contributed by atoms with Crippen LogP contribution in [0.5, 0.6) is 0 Å². The number of hydrogen-bond donors (Lipinski definition) is 3. The van der Waals surface area contributed by atoms with Crippen molar-refractivity contribution in [3.8, 4) is 0 Å². The van der Waals surface area contributed by atoms with E-state index < -0.39 is 17.9 Å². The number of carbonyl (C=O) groups excluding carboxylic acids is 1.